The number of carbonyl (C=O) groups excluding carboxylic acids is 2. The van der Waals surface area contributed by atoms with Crippen molar-refractivity contribution in [2.45, 2.75) is 5.92 Å². The summed E-state index contributed by atoms with van der Waals surface area (Å²) < 4.78 is 5.45. The van der Waals surface area contributed by atoms with E-state index < -0.39 is 12.1 Å². The molecule has 2 aromatic rings. The molecular weight excluding hydrogens is 416 g/mol. The molecule has 31 heavy (non-hydrogen) atoms. The van der Waals surface area contributed by atoms with Crippen LogP contribution in [0.15, 0.2) is 48.5 Å². The molecule has 0 radical (unpaired) electrons. The molecule has 0 atom stereocenters. The van der Waals surface area contributed by atoms with Crippen molar-refractivity contribution in [3.8, 4) is 23.0 Å². The van der Waals surface area contributed by atoms with Gasteiger partial charge in [0, 0.05) is 24.1 Å². The Balaban J connectivity index is 1.36. The van der Waals surface area contributed by atoms with Gasteiger partial charge in [-0.2, -0.15) is 11.8 Å². The van der Waals surface area contributed by atoms with Crippen molar-refractivity contribution in [2.24, 2.45) is 0 Å². The first kappa shape index (κ1) is 22.2. The average Bonchev–Trinajstić information content (AvgIpc) is 3.09. The Morgan fingerprint density at radius 2 is 1.65 bits per heavy atom. The number of aliphatic carboxylic acids is 1. The van der Waals surface area contributed by atoms with E-state index in [9.17, 15) is 14.4 Å². The molecule has 0 unspecified atom stereocenters. The lowest BCUT2D eigenvalue weighted by Gasteiger charge is -2.14. The maximum atomic E-state index is 12.1. The van der Waals surface area contributed by atoms with Crippen LogP contribution in [0.1, 0.15) is 17.0 Å². The lowest BCUT2D eigenvalue weighted by atomic mass is 9.98. The number of ether oxygens (including phenoxy) is 1. The first-order chi connectivity index (χ1) is 15.1. The Hall–Kier alpha value is -3.44. The van der Waals surface area contributed by atoms with Crippen LogP contribution in [0.5, 0.6) is 0 Å². The summed E-state index contributed by atoms with van der Waals surface area (Å²) in [7, 11) is 0. The standard InChI is InChI=1S/C23H22N2O5S/c26-21(24-11-5-10-22(27)28)15-31-13-12-25-23(29)30-14-20-18-8-3-1-6-16(18)17-7-2-4-9-19(17)20/h1-4,6-9,20H,11-15H2,(H,24,26)(H,25,29)(H,27,28). The highest BCUT2D eigenvalue weighted by atomic mass is 32.2. The van der Waals surface area contributed by atoms with Crippen molar-refractivity contribution in [1.82, 2.24) is 10.6 Å². The van der Waals surface area contributed by atoms with Crippen molar-refractivity contribution in [1.29, 1.82) is 0 Å². The average molecular weight is 439 g/mol. The number of carboxylic acids is 1. The molecule has 0 saturated heterocycles. The Morgan fingerprint density at radius 3 is 2.29 bits per heavy atom. The first-order valence-electron chi connectivity index (χ1n) is 9.71. The number of hydrogen-bond donors (Lipinski definition) is 3. The molecule has 1 aliphatic carbocycles. The largest absolute Gasteiger partial charge is 0.472 e. The summed E-state index contributed by atoms with van der Waals surface area (Å²) in [5.74, 6) is 3.51. The number of fused-ring (bicyclic) bond motifs is 3. The van der Waals surface area contributed by atoms with E-state index >= 15 is 0 Å². The molecule has 3 rings (SSSR count). The minimum absolute atomic E-state index is 0.0102. The summed E-state index contributed by atoms with van der Waals surface area (Å²) in [6, 6.07) is 16.3. The van der Waals surface area contributed by atoms with E-state index in [2.05, 4.69) is 40.8 Å². The molecule has 1 aliphatic rings. The molecule has 0 fully saturated rings. The van der Waals surface area contributed by atoms with E-state index in [4.69, 9.17) is 9.84 Å². The van der Waals surface area contributed by atoms with Gasteiger partial charge in [-0.25, -0.2) is 9.59 Å². The van der Waals surface area contributed by atoms with Gasteiger partial charge in [0.05, 0.1) is 12.3 Å². The summed E-state index contributed by atoms with van der Waals surface area (Å²) in [6.45, 7) is 0.615. The summed E-state index contributed by atoms with van der Waals surface area (Å²) in [5, 5.41) is 13.6. The minimum Gasteiger partial charge on any atom is -0.472 e. The van der Waals surface area contributed by atoms with Gasteiger partial charge >= 0.3 is 12.1 Å². The lowest BCUT2D eigenvalue weighted by molar-refractivity contribution is -0.130. The third-order valence-corrected chi connectivity index (χ3v) is 5.62. The number of nitrogens with one attached hydrogen (secondary N) is 2. The van der Waals surface area contributed by atoms with Gasteiger partial charge in [-0.1, -0.05) is 54.5 Å². The summed E-state index contributed by atoms with van der Waals surface area (Å²) in [5.41, 5.74) is 4.67. The highest BCUT2D eigenvalue weighted by Gasteiger charge is 2.28. The van der Waals surface area contributed by atoms with Crippen LogP contribution in [0.3, 0.4) is 0 Å². The van der Waals surface area contributed by atoms with Crippen molar-refractivity contribution < 1.29 is 24.2 Å². The minimum atomic E-state index is -1.23. The summed E-state index contributed by atoms with van der Waals surface area (Å²) >= 11 is 1.35. The number of carbonyl (C=O) groups is 3. The molecule has 0 saturated carbocycles. The molecule has 0 spiro atoms. The molecule has 0 bridgehead atoms. The highest BCUT2D eigenvalue weighted by Crippen LogP contribution is 2.44. The third kappa shape index (κ3) is 6.27. The molecule has 0 heterocycles. The van der Waals surface area contributed by atoms with Crippen LogP contribution in [0.4, 0.5) is 4.79 Å². The van der Waals surface area contributed by atoms with E-state index in [1.807, 2.05) is 30.2 Å². The maximum absolute atomic E-state index is 12.1. The molecule has 8 heteroatoms. The Kier molecular flexibility index (Phi) is 7.96. The number of amides is 2. The van der Waals surface area contributed by atoms with Gasteiger partial charge in [0.25, 0.3) is 0 Å². The number of hydrogen-bond acceptors (Lipinski definition) is 5. The van der Waals surface area contributed by atoms with Crippen LogP contribution in [-0.2, 0) is 14.3 Å². The Labute approximate surface area is 184 Å². The van der Waals surface area contributed by atoms with Crippen LogP contribution < -0.4 is 10.6 Å². The van der Waals surface area contributed by atoms with Crippen LogP contribution in [-0.4, -0.2) is 54.3 Å². The predicted molar refractivity (Wildman–Crippen MR) is 119 cm³/mol. The predicted octanol–water partition coefficient (Wildman–Crippen LogP) is 2.46. The van der Waals surface area contributed by atoms with Gasteiger partial charge in [0.1, 0.15) is 6.61 Å². The van der Waals surface area contributed by atoms with Crippen molar-refractivity contribution >= 4 is 29.7 Å². The third-order valence-electron chi connectivity index (χ3n) is 4.66. The van der Waals surface area contributed by atoms with E-state index in [0.717, 1.165) is 11.1 Å². The smallest absolute Gasteiger partial charge is 0.407 e. The fourth-order valence-electron chi connectivity index (χ4n) is 3.35. The SMILES string of the molecule is O=C(O)C#CCNC(=O)CSCCNC(=O)OCC1c2ccccc2-c2ccccc21. The topological polar surface area (TPSA) is 105 Å². The Morgan fingerprint density at radius 1 is 1.00 bits per heavy atom. The van der Waals surface area contributed by atoms with Gasteiger partial charge in [-0.15, -0.1) is 0 Å². The van der Waals surface area contributed by atoms with Gasteiger partial charge < -0.3 is 20.5 Å². The first-order valence-corrected chi connectivity index (χ1v) is 10.9. The number of thioether (sulfide) groups is 1. The van der Waals surface area contributed by atoms with Crippen molar-refractivity contribution in [2.75, 3.05) is 31.2 Å². The molecule has 0 aliphatic heterocycles. The van der Waals surface area contributed by atoms with Crippen LogP contribution in [0.25, 0.3) is 11.1 Å². The van der Waals surface area contributed by atoms with Crippen LogP contribution >= 0.6 is 11.8 Å². The zero-order valence-corrected chi connectivity index (χ0v) is 17.5. The quantitative estimate of drug-likeness (QED) is 0.432. The second kappa shape index (κ2) is 11.1. The molecule has 2 aromatic carbocycles. The second-order valence-electron chi connectivity index (χ2n) is 6.69. The molecule has 160 valence electrons. The fraction of sp³-hybridized carbons (Fsp3) is 0.261. The van der Waals surface area contributed by atoms with Gasteiger partial charge in [-0.05, 0) is 22.3 Å². The summed E-state index contributed by atoms with van der Waals surface area (Å²) in [4.78, 5) is 33.9. The monoisotopic (exact) mass is 438 g/mol. The zero-order valence-electron chi connectivity index (χ0n) is 16.7. The fourth-order valence-corrected chi connectivity index (χ4v) is 4.03. The van der Waals surface area contributed by atoms with Crippen LogP contribution in [0.2, 0.25) is 0 Å². The maximum Gasteiger partial charge on any atom is 0.407 e. The van der Waals surface area contributed by atoms with E-state index in [0.29, 0.717) is 12.3 Å². The molecule has 3 N–H and O–H groups in total. The number of carboxylic acid groups (broad SMARTS) is 1. The van der Waals surface area contributed by atoms with Crippen molar-refractivity contribution in [3.63, 3.8) is 0 Å². The van der Waals surface area contributed by atoms with Gasteiger partial charge in [0.15, 0.2) is 0 Å². The van der Waals surface area contributed by atoms with Crippen LogP contribution in [0, 0.1) is 11.8 Å². The Bertz CT molecular complexity index is 982. The molecular formula is C23H22N2O5S. The number of rotatable bonds is 8. The van der Waals surface area contributed by atoms with Crippen molar-refractivity contribution in [3.05, 3.63) is 59.7 Å². The zero-order chi connectivity index (χ0) is 22.1. The molecule has 7 nitrogen and oxygen atoms in total. The van der Waals surface area contributed by atoms with Gasteiger partial charge in [-0.3, -0.25) is 4.79 Å². The normalized spacial score (nSPS) is 11.5. The molecule has 2 amide bonds. The van der Waals surface area contributed by atoms with E-state index in [1.165, 1.54) is 22.9 Å². The van der Waals surface area contributed by atoms with E-state index in [-0.39, 0.29) is 30.7 Å². The second-order valence-corrected chi connectivity index (χ2v) is 7.79. The van der Waals surface area contributed by atoms with E-state index in [1.54, 1.807) is 0 Å². The summed E-state index contributed by atoms with van der Waals surface area (Å²) in [6.07, 6.45) is -0.490. The lowest BCUT2D eigenvalue weighted by Crippen LogP contribution is -2.29. The molecule has 0 aromatic heterocycles. The number of benzene rings is 2. The highest BCUT2D eigenvalue weighted by molar-refractivity contribution is 7.99. The van der Waals surface area contributed by atoms with Gasteiger partial charge in [0.2, 0.25) is 5.91 Å². The number of alkyl carbamates (subject to hydrolysis) is 1.